The van der Waals surface area contributed by atoms with Gasteiger partial charge in [-0.2, -0.15) is 0 Å². The van der Waals surface area contributed by atoms with Crippen LogP contribution in [0.2, 0.25) is 0 Å². The summed E-state index contributed by atoms with van der Waals surface area (Å²) in [5.74, 6) is 0.425. The monoisotopic (exact) mass is 310 g/mol. The smallest absolute Gasteiger partial charge is 0.320 e. The Morgan fingerprint density at radius 1 is 1.33 bits per heavy atom. The molecular formula is C16H23ClN2O2. The average Bonchev–Trinajstić information content (AvgIpc) is 2.50. The molecule has 1 atom stereocenters. The topological polar surface area (TPSA) is 32.8 Å². The second-order valence-corrected chi connectivity index (χ2v) is 5.61. The third-order valence-corrected chi connectivity index (χ3v) is 4.11. The zero-order chi connectivity index (χ0) is 15.1. The summed E-state index contributed by atoms with van der Waals surface area (Å²) in [6.07, 6.45) is 0. The van der Waals surface area contributed by atoms with Crippen molar-refractivity contribution in [3.05, 3.63) is 35.9 Å². The fourth-order valence-electron chi connectivity index (χ4n) is 2.66. The number of benzene rings is 1. The van der Waals surface area contributed by atoms with E-state index in [-0.39, 0.29) is 12.0 Å². The van der Waals surface area contributed by atoms with E-state index in [9.17, 15) is 4.79 Å². The van der Waals surface area contributed by atoms with E-state index in [4.69, 9.17) is 16.3 Å². The molecule has 1 aliphatic rings. The predicted octanol–water partition coefficient (Wildman–Crippen LogP) is 1.97. The summed E-state index contributed by atoms with van der Waals surface area (Å²) in [4.78, 5) is 16.1. The molecule has 1 aliphatic heterocycles. The minimum atomic E-state index is -0.151. The molecule has 21 heavy (non-hydrogen) atoms. The first-order chi connectivity index (χ1) is 10.2. The van der Waals surface area contributed by atoms with Gasteiger partial charge in [0.2, 0.25) is 0 Å². The standard InChI is InChI=1S/C16H23ClN2O2/c1-2-21-16(20)13-18-8-9-19(15(10-17)12-18)11-14-6-4-3-5-7-14/h3-7,15H,2,8-13H2,1H3/t15-/m0/s1. The number of halogens is 1. The number of nitrogens with zero attached hydrogens (tertiary/aromatic N) is 2. The Kier molecular flexibility index (Phi) is 6.49. The Balaban J connectivity index is 1.88. The van der Waals surface area contributed by atoms with Crippen molar-refractivity contribution in [3.63, 3.8) is 0 Å². The van der Waals surface area contributed by atoms with E-state index in [1.54, 1.807) is 0 Å². The van der Waals surface area contributed by atoms with Gasteiger partial charge < -0.3 is 4.74 Å². The first kappa shape index (κ1) is 16.3. The fraction of sp³-hybridized carbons (Fsp3) is 0.562. The molecular weight excluding hydrogens is 288 g/mol. The molecule has 0 saturated carbocycles. The fourth-order valence-corrected chi connectivity index (χ4v) is 2.96. The lowest BCUT2D eigenvalue weighted by atomic mass is 10.1. The van der Waals surface area contributed by atoms with Crippen LogP contribution in [0.15, 0.2) is 30.3 Å². The van der Waals surface area contributed by atoms with Gasteiger partial charge in [0, 0.05) is 38.1 Å². The van der Waals surface area contributed by atoms with Crippen LogP contribution in [-0.4, -0.2) is 60.5 Å². The summed E-state index contributed by atoms with van der Waals surface area (Å²) >= 11 is 6.12. The predicted molar refractivity (Wildman–Crippen MR) is 84.4 cm³/mol. The van der Waals surface area contributed by atoms with Gasteiger partial charge in [0.05, 0.1) is 13.2 Å². The van der Waals surface area contributed by atoms with Crippen LogP contribution in [0.3, 0.4) is 0 Å². The summed E-state index contributed by atoms with van der Waals surface area (Å²) in [7, 11) is 0. The van der Waals surface area contributed by atoms with E-state index in [0.29, 0.717) is 19.0 Å². The number of alkyl halides is 1. The number of rotatable bonds is 6. The third kappa shape index (κ3) is 4.99. The number of hydrogen-bond donors (Lipinski definition) is 0. The Labute approximate surface area is 131 Å². The van der Waals surface area contributed by atoms with Crippen LogP contribution in [0.5, 0.6) is 0 Å². The maximum Gasteiger partial charge on any atom is 0.320 e. The number of carbonyl (C=O) groups is 1. The van der Waals surface area contributed by atoms with Crippen molar-refractivity contribution in [3.8, 4) is 0 Å². The summed E-state index contributed by atoms with van der Waals surface area (Å²) in [6, 6.07) is 10.7. The van der Waals surface area contributed by atoms with Crippen LogP contribution < -0.4 is 0 Å². The first-order valence-corrected chi connectivity index (χ1v) is 7.98. The third-order valence-electron chi connectivity index (χ3n) is 3.75. The molecule has 0 aromatic heterocycles. The highest BCUT2D eigenvalue weighted by molar-refractivity contribution is 6.18. The molecule has 0 spiro atoms. The van der Waals surface area contributed by atoms with Gasteiger partial charge in [-0.3, -0.25) is 14.6 Å². The minimum absolute atomic E-state index is 0.151. The van der Waals surface area contributed by atoms with E-state index >= 15 is 0 Å². The maximum absolute atomic E-state index is 11.6. The number of esters is 1. The zero-order valence-corrected chi connectivity index (χ0v) is 13.3. The SMILES string of the molecule is CCOC(=O)CN1CCN(Cc2ccccc2)[C@@H](CCl)C1. The molecule has 0 aliphatic carbocycles. The van der Waals surface area contributed by atoms with Crippen LogP contribution in [0, 0.1) is 0 Å². The highest BCUT2D eigenvalue weighted by Crippen LogP contribution is 2.15. The highest BCUT2D eigenvalue weighted by atomic mass is 35.5. The van der Waals surface area contributed by atoms with Crippen molar-refractivity contribution < 1.29 is 9.53 Å². The maximum atomic E-state index is 11.6. The largest absolute Gasteiger partial charge is 0.465 e. The molecule has 1 saturated heterocycles. The van der Waals surface area contributed by atoms with Crippen LogP contribution in [0.4, 0.5) is 0 Å². The quantitative estimate of drug-likeness (QED) is 0.594. The van der Waals surface area contributed by atoms with Crippen molar-refractivity contribution in [2.45, 2.75) is 19.5 Å². The second kappa shape index (κ2) is 8.37. The summed E-state index contributed by atoms with van der Waals surface area (Å²) in [6.45, 7) is 6.15. The Morgan fingerprint density at radius 3 is 2.76 bits per heavy atom. The molecule has 0 N–H and O–H groups in total. The molecule has 1 aromatic rings. The second-order valence-electron chi connectivity index (χ2n) is 5.30. The lowest BCUT2D eigenvalue weighted by Crippen LogP contribution is -2.54. The van der Waals surface area contributed by atoms with Crippen molar-refractivity contribution in [1.82, 2.24) is 9.80 Å². The molecule has 0 bridgehead atoms. The molecule has 5 heteroatoms. The van der Waals surface area contributed by atoms with E-state index in [2.05, 4.69) is 34.1 Å². The van der Waals surface area contributed by atoms with Gasteiger partial charge in [-0.25, -0.2) is 0 Å². The number of carbonyl (C=O) groups excluding carboxylic acids is 1. The normalized spacial score (nSPS) is 20.4. The highest BCUT2D eigenvalue weighted by Gasteiger charge is 2.27. The van der Waals surface area contributed by atoms with Gasteiger partial charge >= 0.3 is 5.97 Å². The van der Waals surface area contributed by atoms with E-state index < -0.39 is 0 Å². The Hall–Kier alpha value is -1.10. The first-order valence-electron chi connectivity index (χ1n) is 7.44. The van der Waals surface area contributed by atoms with Crippen molar-refractivity contribution in [1.29, 1.82) is 0 Å². The lowest BCUT2D eigenvalue weighted by molar-refractivity contribution is -0.145. The average molecular weight is 311 g/mol. The van der Waals surface area contributed by atoms with Crippen LogP contribution in [-0.2, 0) is 16.1 Å². The number of hydrogen-bond acceptors (Lipinski definition) is 4. The molecule has 4 nitrogen and oxygen atoms in total. The van der Waals surface area contributed by atoms with E-state index in [1.807, 2.05) is 13.0 Å². The van der Waals surface area contributed by atoms with Crippen LogP contribution in [0.1, 0.15) is 12.5 Å². The zero-order valence-electron chi connectivity index (χ0n) is 12.5. The lowest BCUT2D eigenvalue weighted by Gasteiger charge is -2.40. The Bertz CT molecular complexity index is 441. The molecule has 1 aromatic carbocycles. The van der Waals surface area contributed by atoms with Gasteiger partial charge in [0.1, 0.15) is 0 Å². The van der Waals surface area contributed by atoms with Gasteiger partial charge in [0.15, 0.2) is 0 Å². The van der Waals surface area contributed by atoms with E-state index in [1.165, 1.54) is 5.56 Å². The summed E-state index contributed by atoms with van der Waals surface area (Å²) in [5, 5.41) is 0. The van der Waals surface area contributed by atoms with Crippen molar-refractivity contribution in [2.24, 2.45) is 0 Å². The summed E-state index contributed by atoms with van der Waals surface area (Å²) < 4.78 is 5.01. The molecule has 0 amide bonds. The van der Waals surface area contributed by atoms with Gasteiger partial charge in [0.25, 0.3) is 0 Å². The van der Waals surface area contributed by atoms with E-state index in [0.717, 1.165) is 26.2 Å². The molecule has 0 radical (unpaired) electrons. The number of piperazine rings is 1. The minimum Gasteiger partial charge on any atom is -0.465 e. The van der Waals surface area contributed by atoms with Crippen molar-refractivity contribution in [2.75, 3.05) is 38.7 Å². The summed E-state index contributed by atoms with van der Waals surface area (Å²) in [5.41, 5.74) is 1.30. The Morgan fingerprint density at radius 2 is 2.10 bits per heavy atom. The van der Waals surface area contributed by atoms with Gasteiger partial charge in [-0.15, -0.1) is 11.6 Å². The van der Waals surface area contributed by atoms with Crippen molar-refractivity contribution >= 4 is 17.6 Å². The molecule has 1 heterocycles. The molecule has 0 unspecified atom stereocenters. The van der Waals surface area contributed by atoms with Gasteiger partial charge in [-0.05, 0) is 12.5 Å². The van der Waals surface area contributed by atoms with Crippen LogP contribution >= 0.6 is 11.6 Å². The van der Waals surface area contributed by atoms with Gasteiger partial charge in [-0.1, -0.05) is 30.3 Å². The number of ether oxygens (including phenoxy) is 1. The van der Waals surface area contributed by atoms with Crippen LogP contribution in [0.25, 0.3) is 0 Å². The molecule has 1 fully saturated rings. The molecule has 2 rings (SSSR count). The molecule has 116 valence electrons.